The summed E-state index contributed by atoms with van der Waals surface area (Å²) in [7, 11) is 0. The van der Waals surface area contributed by atoms with E-state index in [-0.39, 0.29) is 11.4 Å². The van der Waals surface area contributed by atoms with Crippen LogP contribution in [0.3, 0.4) is 0 Å². The number of amides is 1. The minimum absolute atomic E-state index is 0.0313. The van der Waals surface area contributed by atoms with E-state index >= 15 is 0 Å². The van der Waals surface area contributed by atoms with Crippen LogP contribution in [0.15, 0.2) is 84.0 Å². The Labute approximate surface area is 204 Å². The highest BCUT2D eigenvalue weighted by Gasteiger charge is 2.46. The smallest absolute Gasteiger partial charge is 0.296 e. The summed E-state index contributed by atoms with van der Waals surface area (Å²) in [5.41, 5.74) is 2.49. The lowest BCUT2D eigenvalue weighted by Crippen LogP contribution is -2.30. The van der Waals surface area contributed by atoms with E-state index in [4.69, 9.17) is 4.74 Å². The van der Waals surface area contributed by atoms with Crippen LogP contribution in [-0.4, -0.2) is 28.4 Å². The summed E-state index contributed by atoms with van der Waals surface area (Å²) in [6.07, 6.45) is 1.64. The third-order valence-corrected chi connectivity index (χ3v) is 7.36. The van der Waals surface area contributed by atoms with E-state index in [1.54, 1.807) is 41.8 Å². The third-order valence-electron chi connectivity index (χ3n) is 5.48. The van der Waals surface area contributed by atoms with Crippen molar-refractivity contribution in [1.82, 2.24) is 4.98 Å². The van der Waals surface area contributed by atoms with Crippen molar-refractivity contribution in [3.63, 3.8) is 0 Å². The lowest BCUT2D eigenvalue weighted by atomic mass is 9.95. The third kappa shape index (κ3) is 3.81. The van der Waals surface area contributed by atoms with E-state index < -0.39 is 17.7 Å². The molecule has 2 aromatic carbocycles. The van der Waals surface area contributed by atoms with Crippen molar-refractivity contribution < 1.29 is 19.4 Å². The van der Waals surface area contributed by atoms with Crippen LogP contribution in [0.25, 0.3) is 10.2 Å². The van der Waals surface area contributed by atoms with Crippen molar-refractivity contribution in [2.75, 3.05) is 11.5 Å². The van der Waals surface area contributed by atoms with Crippen molar-refractivity contribution in [3.05, 3.63) is 100.0 Å². The summed E-state index contributed by atoms with van der Waals surface area (Å²) in [6, 6.07) is 15.6. The first-order valence-electron chi connectivity index (χ1n) is 10.5. The molecule has 1 aliphatic rings. The normalized spacial score (nSPS) is 15.9. The fourth-order valence-electron chi connectivity index (χ4n) is 3.94. The zero-order chi connectivity index (χ0) is 23.8. The highest BCUT2D eigenvalue weighted by molar-refractivity contribution is 7.22. The molecule has 0 spiro atoms. The van der Waals surface area contributed by atoms with Crippen LogP contribution < -0.4 is 9.64 Å². The molecule has 4 aromatic rings. The second-order valence-corrected chi connectivity index (χ2v) is 9.74. The van der Waals surface area contributed by atoms with Gasteiger partial charge in [-0.15, -0.1) is 11.3 Å². The minimum atomic E-state index is -0.851. The van der Waals surface area contributed by atoms with Gasteiger partial charge in [0.15, 0.2) is 10.9 Å². The number of rotatable bonds is 7. The van der Waals surface area contributed by atoms with Crippen LogP contribution in [0.4, 0.5) is 5.13 Å². The quantitative estimate of drug-likeness (QED) is 0.254. The van der Waals surface area contributed by atoms with Gasteiger partial charge in [0.1, 0.15) is 12.4 Å². The summed E-state index contributed by atoms with van der Waals surface area (Å²) in [5, 5.41) is 13.1. The van der Waals surface area contributed by atoms with E-state index in [9.17, 15) is 14.7 Å². The average Bonchev–Trinajstić information content (AvgIpc) is 3.56. The Bertz CT molecular complexity index is 1450. The summed E-state index contributed by atoms with van der Waals surface area (Å²) in [6.45, 7) is 5.97. The number of carbonyl (C=O) groups is 2. The second-order valence-electron chi connectivity index (χ2n) is 7.79. The number of aliphatic hydroxyl groups excluding tert-OH is 1. The number of aryl methyl sites for hydroxylation is 1. The molecule has 0 aliphatic carbocycles. The molecule has 0 saturated heterocycles. The van der Waals surface area contributed by atoms with E-state index in [0.29, 0.717) is 27.9 Å². The summed E-state index contributed by atoms with van der Waals surface area (Å²) < 4.78 is 6.60. The summed E-state index contributed by atoms with van der Waals surface area (Å²) in [4.78, 5) is 33.3. The number of hydrogen-bond donors (Lipinski definition) is 1. The number of thiazole rings is 1. The number of hydrogen-bond acceptors (Lipinski definition) is 7. The number of fused-ring (bicyclic) bond motifs is 1. The molecule has 34 heavy (non-hydrogen) atoms. The first-order chi connectivity index (χ1) is 16.5. The number of nitrogens with zero attached hydrogens (tertiary/aromatic N) is 2. The topological polar surface area (TPSA) is 79.7 Å². The summed E-state index contributed by atoms with van der Waals surface area (Å²) >= 11 is 2.61. The Balaban J connectivity index is 1.66. The van der Waals surface area contributed by atoms with Crippen molar-refractivity contribution in [1.29, 1.82) is 0 Å². The summed E-state index contributed by atoms with van der Waals surface area (Å²) in [5.74, 6) is -1.03. The molecule has 1 atom stereocenters. The molecular formula is C26H20N2O4S2. The molecule has 3 heterocycles. The van der Waals surface area contributed by atoms with Crippen LogP contribution in [0.5, 0.6) is 5.75 Å². The molecule has 0 fully saturated rings. The molecule has 0 unspecified atom stereocenters. The predicted molar refractivity (Wildman–Crippen MR) is 135 cm³/mol. The molecule has 1 amide bonds. The van der Waals surface area contributed by atoms with Crippen LogP contribution in [0.1, 0.15) is 26.8 Å². The number of aromatic nitrogens is 1. The maximum Gasteiger partial charge on any atom is 0.296 e. The van der Waals surface area contributed by atoms with Gasteiger partial charge in [-0.1, -0.05) is 48.3 Å². The highest BCUT2D eigenvalue weighted by Crippen LogP contribution is 2.45. The Kier molecular flexibility index (Phi) is 5.77. The molecule has 1 N–H and O–H groups in total. The molecule has 0 bridgehead atoms. The van der Waals surface area contributed by atoms with Crippen molar-refractivity contribution in [3.8, 4) is 5.75 Å². The lowest BCUT2D eigenvalue weighted by Gasteiger charge is -2.24. The maximum atomic E-state index is 13.5. The number of thiophene rings is 1. The Hall–Kier alpha value is -3.75. The zero-order valence-corrected chi connectivity index (χ0v) is 19.9. The van der Waals surface area contributed by atoms with Crippen molar-refractivity contribution >= 4 is 49.7 Å². The average molecular weight is 489 g/mol. The number of ether oxygens (including phenoxy) is 1. The SMILES string of the molecule is C=CCOc1cccc([C@H]2C(C(=O)c3cccs3)=C(O)C(=O)N2c2nc3ccc(C)cc3s2)c1. The Morgan fingerprint density at radius 2 is 2.09 bits per heavy atom. The molecule has 5 rings (SSSR count). The lowest BCUT2D eigenvalue weighted by molar-refractivity contribution is -0.117. The molecule has 170 valence electrons. The molecular weight excluding hydrogens is 468 g/mol. The molecule has 0 saturated carbocycles. The number of carbonyl (C=O) groups excluding carboxylic acids is 2. The van der Waals surface area contributed by atoms with E-state index in [2.05, 4.69) is 11.6 Å². The molecule has 0 radical (unpaired) electrons. The van der Waals surface area contributed by atoms with Gasteiger partial charge in [0, 0.05) is 0 Å². The zero-order valence-electron chi connectivity index (χ0n) is 18.2. The van der Waals surface area contributed by atoms with Crippen molar-refractivity contribution in [2.45, 2.75) is 13.0 Å². The van der Waals surface area contributed by atoms with Gasteiger partial charge in [0.2, 0.25) is 5.78 Å². The van der Waals surface area contributed by atoms with Gasteiger partial charge >= 0.3 is 0 Å². The predicted octanol–water partition coefficient (Wildman–Crippen LogP) is 6.01. The minimum Gasteiger partial charge on any atom is -0.503 e. The number of ketones is 1. The fraction of sp³-hybridized carbons (Fsp3) is 0.115. The van der Waals surface area contributed by atoms with Gasteiger partial charge in [-0.3, -0.25) is 14.5 Å². The molecule has 8 heteroatoms. The number of aliphatic hydroxyl groups is 1. The first kappa shape index (κ1) is 22.1. The second kappa shape index (κ2) is 8.89. The molecule has 6 nitrogen and oxygen atoms in total. The van der Waals surface area contributed by atoms with Gasteiger partial charge in [-0.05, 0) is 53.8 Å². The van der Waals surface area contributed by atoms with Crippen LogP contribution in [0.2, 0.25) is 0 Å². The van der Waals surface area contributed by atoms with Gasteiger partial charge in [-0.2, -0.15) is 0 Å². The van der Waals surface area contributed by atoms with Gasteiger partial charge in [-0.25, -0.2) is 4.98 Å². The van der Waals surface area contributed by atoms with E-state index in [0.717, 1.165) is 15.8 Å². The number of anilines is 1. The fourth-order valence-corrected chi connectivity index (χ4v) is 5.71. The molecule has 1 aliphatic heterocycles. The van der Waals surface area contributed by atoms with E-state index in [1.165, 1.54) is 27.6 Å². The van der Waals surface area contributed by atoms with Crippen molar-refractivity contribution in [2.24, 2.45) is 0 Å². The number of Topliss-reactive ketones (excluding diaryl/α,β-unsaturated/α-hetero) is 1. The number of benzene rings is 2. The van der Waals surface area contributed by atoms with Gasteiger partial charge < -0.3 is 9.84 Å². The largest absolute Gasteiger partial charge is 0.503 e. The van der Waals surface area contributed by atoms with E-state index in [1.807, 2.05) is 31.2 Å². The van der Waals surface area contributed by atoms with Crippen LogP contribution in [0, 0.1) is 6.92 Å². The van der Waals surface area contributed by atoms with Gasteiger partial charge in [0.25, 0.3) is 5.91 Å². The first-order valence-corrected chi connectivity index (χ1v) is 12.2. The standard InChI is InChI=1S/C26H20N2O4S2/c1-3-11-32-17-7-4-6-16(14-17)22-21(23(29)19-8-5-12-33-19)24(30)25(31)28(22)26-27-18-10-9-15(2)13-20(18)34-26/h3-10,12-14,22,30H,1,11H2,2H3/t22-/m0/s1. The maximum absolute atomic E-state index is 13.5. The van der Waals surface area contributed by atoms with Gasteiger partial charge in [0.05, 0.1) is 26.7 Å². The monoisotopic (exact) mass is 488 g/mol. The van der Waals surface area contributed by atoms with Crippen LogP contribution >= 0.6 is 22.7 Å². The molecule has 2 aromatic heterocycles. The van der Waals surface area contributed by atoms with Crippen LogP contribution in [-0.2, 0) is 4.79 Å². The Morgan fingerprint density at radius 3 is 2.85 bits per heavy atom. The highest BCUT2D eigenvalue weighted by atomic mass is 32.1. The Morgan fingerprint density at radius 1 is 1.24 bits per heavy atom.